The fraction of sp³-hybridized carbons (Fsp3) is 0.222. The summed E-state index contributed by atoms with van der Waals surface area (Å²) in [4.78, 5) is 0. The van der Waals surface area contributed by atoms with Crippen LogP contribution in [0, 0.1) is 5.82 Å². The first-order valence-electron chi connectivity index (χ1n) is 7.66. The molecule has 2 aromatic carbocycles. The van der Waals surface area contributed by atoms with Crippen molar-refractivity contribution < 1.29 is 9.13 Å². The van der Waals surface area contributed by atoms with Crippen LogP contribution in [0.3, 0.4) is 0 Å². The van der Waals surface area contributed by atoms with E-state index in [4.69, 9.17) is 4.74 Å². The predicted molar refractivity (Wildman–Crippen MR) is 93.6 cm³/mol. The van der Waals surface area contributed by atoms with Crippen molar-refractivity contribution >= 4 is 11.8 Å². The number of rotatable bonds is 6. The van der Waals surface area contributed by atoms with Gasteiger partial charge in [-0.15, -0.1) is 10.2 Å². The zero-order valence-corrected chi connectivity index (χ0v) is 14.4. The van der Waals surface area contributed by atoms with E-state index in [-0.39, 0.29) is 5.82 Å². The van der Waals surface area contributed by atoms with Crippen molar-refractivity contribution in [3.05, 3.63) is 59.9 Å². The van der Waals surface area contributed by atoms with E-state index in [9.17, 15) is 4.39 Å². The Balaban J connectivity index is 1.84. The standard InChI is InChI=1S/C18H18FN3OS/c1-3-22-17(14-7-5-9-16(11-14)23-2)20-21-18(22)24-12-13-6-4-8-15(19)10-13/h4-11H,3,12H2,1-2H3. The van der Waals surface area contributed by atoms with Gasteiger partial charge < -0.3 is 9.30 Å². The van der Waals surface area contributed by atoms with E-state index in [0.717, 1.165) is 34.4 Å². The molecule has 0 bridgehead atoms. The monoisotopic (exact) mass is 343 g/mol. The maximum atomic E-state index is 13.3. The molecule has 124 valence electrons. The smallest absolute Gasteiger partial charge is 0.191 e. The summed E-state index contributed by atoms with van der Waals surface area (Å²) in [6.45, 7) is 2.81. The molecule has 4 nitrogen and oxygen atoms in total. The fourth-order valence-corrected chi connectivity index (χ4v) is 3.38. The molecule has 0 amide bonds. The number of benzene rings is 2. The summed E-state index contributed by atoms with van der Waals surface area (Å²) in [6.07, 6.45) is 0. The van der Waals surface area contributed by atoms with Crippen LogP contribution in [0.2, 0.25) is 0 Å². The highest BCUT2D eigenvalue weighted by Gasteiger charge is 2.14. The number of hydrogen-bond donors (Lipinski definition) is 0. The molecule has 1 heterocycles. The van der Waals surface area contributed by atoms with Crippen molar-refractivity contribution in [1.29, 1.82) is 0 Å². The van der Waals surface area contributed by atoms with Gasteiger partial charge >= 0.3 is 0 Å². The van der Waals surface area contributed by atoms with Crippen LogP contribution in [0.1, 0.15) is 12.5 Å². The first-order chi connectivity index (χ1) is 11.7. The van der Waals surface area contributed by atoms with Gasteiger partial charge in [-0.05, 0) is 36.8 Å². The quantitative estimate of drug-likeness (QED) is 0.622. The molecule has 0 aliphatic carbocycles. The highest BCUT2D eigenvalue weighted by molar-refractivity contribution is 7.98. The number of nitrogens with zero attached hydrogens (tertiary/aromatic N) is 3. The Morgan fingerprint density at radius 3 is 2.71 bits per heavy atom. The summed E-state index contributed by atoms with van der Waals surface area (Å²) in [5, 5.41) is 9.44. The van der Waals surface area contributed by atoms with E-state index in [1.165, 1.54) is 6.07 Å². The second kappa shape index (κ2) is 7.49. The molecule has 1 aromatic heterocycles. The minimum Gasteiger partial charge on any atom is -0.497 e. The Morgan fingerprint density at radius 1 is 1.12 bits per heavy atom. The number of aromatic nitrogens is 3. The molecule has 0 N–H and O–H groups in total. The topological polar surface area (TPSA) is 39.9 Å². The van der Waals surface area contributed by atoms with E-state index in [1.54, 1.807) is 31.0 Å². The van der Waals surface area contributed by atoms with Crippen molar-refractivity contribution in [2.75, 3.05) is 7.11 Å². The van der Waals surface area contributed by atoms with Crippen LogP contribution >= 0.6 is 11.8 Å². The maximum Gasteiger partial charge on any atom is 0.191 e. The minimum atomic E-state index is -0.220. The molecule has 3 aromatic rings. The maximum absolute atomic E-state index is 13.3. The van der Waals surface area contributed by atoms with E-state index < -0.39 is 0 Å². The van der Waals surface area contributed by atoms with Gasteiger partial charge in [0.05, 0.1) is 7.11 Å². The SMILES string of the molecule is CCn1c(SCc2cccc(F)c2)nnc1-c1cccc(OC)c1. The molecule has 24 heavy (non-hydrogen) atoms. The Hall–Kier alpha value is -2.34. The van der Waals surface area contributed by atoms with Gasteiger partial charge in [0.25, 0.3) is 0 Å². The van der Waals surface area contributed by atoms with Crippen LogP contribution in [0.4, 0.5) is 4.39 Å². The number of hydrogen-bond acceptors (Lipinski definition) is 4. The van der Waals surface area contributed by atoms with Gasteiger partial charge in [0.1, 0.15) is 11.6 Å². The van der Waals surface area contributed by atoms with Gasteiger partial charge in [-0.1, -0.05) is 36.0 Å². The summed E-state index contributed by atoms with van der Waals surface area (Å²) >= 11 is 1.55. The molecule has 3 rings (SSSR count). The van der Waals surface area contributed by atoms with Crippen LogP contribution in [0.15, 0.2) is 53.7 Å². The lowest BCUT2D eigenvalue weighted by molar-refractivity contribution is 0.415. The molecule has 0 saturated heterocycles. The summed E-state index contributed by atoms with van der Waals surface area (Å²) in [5.41, 5.74) is 1.88. The molecule has 0 saturated carbocycles. The normalized spacial score (nSPS) is 10.8. The summed E-state index contributed by atoms with van der Waals surface area (Å²) in [6, 6.07) is 14.4. The van der Waals surface area contributed by atoms with Gasteiger partial charge in [-0.2, -0.15) is 0 Å². The van der Waals surface area contributed by atoms with E-state index >= 15 is 0 Å². The molecule has 0 fully saturated rings. The Kier molecular flexibility index (Phi) is 5.15. The summed E-state index contributed by atoms with van der Waals surface area (Å²) < 4.78 is 20.6. The first-order valence-corrected chi connectivity index (χ1v) is 8.64. The van der Waals surface area contributed by atoms with Crippen molar-refractivity contribution in [2.45, 2.75) is 24.4 Å². The lowest BCUT2D eigenvalue weighted by atomic mass is 10.2. The highest BCUT2D eigenvalue weighted by atomic mass is 32.2. The van der Waals surface area contributed by atoms with Crippen LogP contribution in [0.5, 0.6) is 5.75 Å². The number of thioether (sulfide) groups is 1. The third-order valence-corrected chi connectivity index (χ3v) is 4.66. The van der Waals surface area contributed by atoms with E-state index in [1.807, 2.05) is 30.3 Å². The van der Waals surface area contributed by atoms with Crippen molar-refractivity contribution in [2.24, 2.45) is 0 Å². The van der Waals surface area contributed by atoms with Crippen LogP contribution in [-0.4, -0.2) is 21.9 Å². The predicted octanol–water partition coefficient (Wildman–Crippen LogP) is 4.41. The molecule has 0 spiro atoms. The third kappa shape index (κ3) is 3.59. The average Bonchev–Trinajstić information content (AvgIpc) is 3.03. The van der Waals surface area contributed by atoms with Crippen molar-refractivity contribution in [3.8, 4) is 17.1 Å². The number of methoxy groups -OCH3 is 1. The number of halogens is 1. The van der Waals surface area contributed by atoms with Gasteiger partial charge in [0.2, 0.25) is 0 Å². The average molecular weight is 343 g/mol. The second-order valence-electron chi connectivity index (χ2n) is 5.20. The molecule has 6 heteroatoms. The number of ether oxygens (including phenoxy) is 1. The molecule has 0 radical (unpaired) electrons. The minimum absolute atomic E-state index is 0.220. The summed E-state index contributed by atoms with van der Waals surface area (Å²) in [7, 11) is 1.64. The lowest BCUT2D eigenvalue weighted by Crippen LogP contribution is -2.00. The summed E-state index contributed by atoms with van der Waals surface area (Å²) in [5.74, 6) is 2.01. The molecule has 0 aliphatic heterocycles. The van der Waals surface area contributed by atoms with Gasteiger partial charge in [0, 0.05) is 17.9 Å². The van der Waals surface area contributed by atoms with Crippen molar-refractivity contribution in [1.82, 2.24) is 14.8 Å². The zero-order valence-electron chi connectivity index (χ0n) is 13.6. The molecule has 0 unspecified atom stereocenters. The largest absolute Gasteiger partial charge is 0.497 e. The van der Waals surface area contributed by atoms with Crippen LogP contribution in [-0.2, 0) is 12.3 Å². The molecular formula is C18H18FN3OS. The molecular weight excluding hydrogens is 325 g/mol. The molecule has 0 aliphatic rings. The first kappa shape index (κ1) is 16.5. The van der Waals surface area contributed by atoms with Crippen LogP contribution < -0.4 is 4.74 Å². The Morgan fingerprint density at radius 2 is 1.96 bits per heavy atom. The second-order valence-corrected chi connectivity index (χ2v) is 6.14. The fourth-order valence-electron chi connectivity index (χ4n) is 2.43. The Bertz CT molecular complexity index is 835. The van der Waals surface area contributed by atoms with Crippen molar-refractivity contribution in [3.63, 3.8) is 0 Å². The van der Waals surface area contributed by atoms with Gasteiger partial charge in [-0.25, -0.2) is 4.39 Å². The van der Waals surface area contributed by atoms with Gasteiger partial charge in [-0.3, -0.25) is 0 Å². The highest BCUT2D eigenvalue weighted by Crippen LogP contribution is 2.28. The Labute approximate surface area is 144 Å². The third-order valence-electron chi connectivity index (χ3n) is 3.62. The van der Waals surface area contributed by atoms with Gasteiger partial charge in [0.15, 0.2) is 11.0 Å². The van der Waals surface area contributed by atoms with E-state index in [0.29, 0.717) is 5.75 Å². The van der Waals surface area contributed by atoms with Crippen LogP contribution in [0.25, 0.3) is 11.4 Å². The zero-order chi connectivity index (χ0) is 16.9. The lowest BCUT2D eigenvalue weighted by Gasteiger charge is -2.08. The molecule has 0 atom stereocenters. The van der Waals surface area contributed by atoms with E-state index in [2.05, 4.69) is 21.7 Å².